The molecule has 13 heavy (non-hydrogen) atoms. The smallest absolute Gasteiger partial charge is 0.150 e. The van der Waals surface area contributed by atoms with Crippen molar-refractivity contribution in [2.45, 2.75) is 18.3 Å². The Morgan fingerprint density at radius 3 is 2.77 bits per heavy atom. The van der Waals surface area contributed by atoms with E-state index in [4.69, 9.17) is 0 Å². The molecule has 0 unspecified atom stereocenters. The summed E-state index contributed by atoms with van der Waals surface area (Å²) in [6, 6.07) is 7.25. The van der Waals surface area contributed by atoms with E-state index in [0.717, 1.165) is 24.7 Å². The molecular formula is C11H11FO. The van der Waals surface area contributed by atoms with Crippen LogP contribution < -0.4 is 0 Å². The average Bonchev–Trinajstić information content (AvgIpc) is 2.99. The van der Waals surface area contributed by atoms with Gasteiger partial charge in [0.1, 0.15) is 6.29 Å². The zero-order valence-electron chi connectivity index (χ0n) is 7.29. The molecule has 0 aliphatic heterocycles. The molecule has 1 aliphatic carbocycles. The predicted octanol–water partition coefficient (Wildman–Crippen LogP) is 2.50. The van der Waals surface area contributed by atoms with E-state index in [1.807, 2.05) is 12.1 Å². The molecule has 1 aromatic rings. The van der Waals surface area contributed by atoms with Gasteiger partial charge in [-0.3, -0.25) is 9.18 Å². The Kier molecular flexibility index (Phi) is 1.91. The summed E-state index contributed by atoms with van der Waals surface area (Å²) in [5.41, 5.74) is 1.36. The number of rotatable bonds is 3. The van der Waals surface area contributed by atoms with Crippen LogP contribution in [0.4, 0.5) is 4.39 Å². The van der Waals surface area contributed by atoms with Gasteiger partial charge in [-0.1, -0.05) is 18.2 Å². The molecule has 0 N–H and O–H groups in total. The Bertz CT molecular complexity index is 329. The molecule has 1 aromatic carbocycles. The third-order valence-electron chi connectivity index (χ3n) is 2.74. The lowest BCUT2D eigenvalue weighted by atomic mass is 9.96. The minimum absolute atomic E-state index is 0.251. The Balaban J connectivity index is 2.35. The molecule has 1 aliphatic rings. The van der Waals surface area contributed by atoms with Crippen LogP contribution in [0.25, 0.3) is 0 Å². The van der Waals surface area contributed by atoms with Crippen LogP contribution in [-0.2, 0) is 5.41 Å². The van der Waals surface area contributed by atoms with Gasteiger partial charge in [0.2, 0.25) is 0 Å². The highest BCUT2D eigenvalue weighted by Crippen LogP contribution is 2.48. The lowest BCUT2D eigenvalue weighted by molar-refractivity contribution is 0.112. The van der Waals surface area contributed by atoms with Gasteiger partial charge in [0.15, 0.2) is 0 Å². The number of hydrogen-bond acceptors (Lipinski definition) is 1. The molecule has 0 saturated heterocycles. The van der Waals surface area contributed by atoms with Crippen molar-refractivity contribution in [2.24, 2.45) is 0 Å². The summed E-state index contributed by atoms with van der Waals surface area (Å²) in [5.74, 6) is 0. The third-order valence-corrected chi connectivity index (χ3v) is 2.74. The first kappa shape index (κ1) is 8.42. The van der Waals surface area contributed by atoms with Crippen molar-refractivity contribution in [1.82, 2.24) is 0 Å². The van der Waals surface area contributed by atoms with Crippen LogP contribution in [0.2, 0.25) is 0 Å². The first-order chi connectivity index (χ1) is 6.30. The molecule has 0 heterocycles. The first-order valence-corrected chi connectivity index (χ1v) is 4.42. The van der Waals surface area contributed by atoms with E-state index >= 15 is 0 Å². The summed E-state index contributed by atoms with van der Waals surface area (Å²) >= 11 is 0. The van der Waals surface area contributed by atoms with E-state index in [9.17, 15) is 9.18 Å². The van der Waals surface area contributed by atoms with Gasteiger partial charge in [0.25, 0.3) is 0 Å². The van der Waals surface area contributed by atoms with E-state index in [2.05, 4.69) is 0 Å². The van der Waals surface area contributed by atoms with Crippen molar-refractivity contribution in [3.8, 4) is 0 Å². The van der Waals surface area contributed by atoms with E-state index in [1.165, 1.54) is 0 Å². The van der Waals surface area contributed by atoms with Crippen LogP contribution in [-0.4, -0.2) is 13.0 Å². The highest BCUT2D eigenvalue weighted by atomic mass is 19.1. The van der Waals surface area contributed by atoms with Gasteiger partial charge in [-0.15, -0.1) is 0 Å². The van der Waals surface area contributed by atoms with E-state index in [1.54, 1.807) is 12.1 Å². The molecule has 0 atom stereocenters. The summed E-state index contributed by atoms with van der Waals surface area (Å²) in [4.78, 5) is 10.5. The van der Waals surface area contributed by atoms with Gasteiger partial charge < -0.3 is 0 Å². The number of carbonyl (C=O) groups excluding carboxylic acids is 1. The maximum absolute atomic E-state index is 12.7. The Morgan fingerprint density at radius 2 is 2.23 bits per heavy atom. The molecule has 1 fully saturated rings. The SMILES string of the molecule is O=Cc1cccc(C2(CF)CC2)c1. The number of benzene rings is 1. The van der Waals surface area contributed by atoms with Gasteiger partial charge in [-0.05, 0) is 24.5 Å². The maximum Gasteiger partial charge on any atom is 0.150 e. The van der Waals surface area contributed by atoms with Crippen molar-refractivity contribution in [3.05, 3.63) is 35.4 Å². The van der Waals surface area contributed by atoms with Crippen LogP contribution in [0.15, 0.2) is 24.3 Å². The molecule has 2 rings (SSSR count). The summed E-state index contributed by atoms with van der Waals surface area (Å²) in [6.45, 7) is -0.310. The molecule has 1 saturated carbocycles. The van der Waals surface area contributed by atoms with Crippen LogP contribution in [0.3, 0.4) is 0 Å². The average molecular weight is 178 g/mol. The highest BCUT2D eigenvalue weighted by molar-refractivity contribution is 5.75. The van der Waals surface area contributed by atoms with Crippen molar-refractivity contribution in [1.29, 1.82) is 0 Å². The van der Waals surface area contributed by atoms with Crippen LogP contribution in [0.5, 0.6) is 0 Å². The summed E-state index contributed by atoms with van der Waals surface area (Å²) in [6.07, 6.45) is 2.62. The molecule has 0 amide bonds. The second kappa shape index (κ2) is 2.95. The van der Waals surface area contributed by atoms with Gasteiger partial charge in [-0.25, -0.2) is 0 Å². The fourth-order valence-corrected chi connectivity index (χ4v) is 1.59. The monoisotopic (exact) mass is 178 g/mol. The van der Waals surface area contributed by atoms with E-state index < -0.39 is 0 Å². The van der Waals surface area contributed by atoms with Gasteiger partial charge >= 0.3 is 0 Å². The van der Waals surface area contributed by atoms with Gasteiger partial charge in [-0.2, -0.15) is 0 Å². The Morgan fingerprint density at radius 1 is 1.46 bits per heavy atom. The molecule has 0 bridgehead atoms. The topological polar surface area (TPSA) is 17.1 Å². The third kappa shape index (κ3) is 1.37. The molecule has 1 nitrogen and oxygen atoms in total. The summed E-state index contributed by atoms with van der Waals surface area (Å²) in [5, 5.41) is 0. The van der Waals surface area contributed by atoms with Crippen molar-refractivity contribution in [2.75, 3.05) is 6.67 Å². The number of alkyl halides is 1. The maximum atomic E-state index is 12.7. The lowest BCUT2D eigenvalue weighted by Crippen LogP contribution is -2.08. The first-order valence-electron chi connectivity index (χ1n) is 4.42. The second-order valence-electron chi connectivity index (χ2n) is 3.66. The molecule has 0 aromatic heterocycles. The molecule has 68 valence electrons. The molecule has 2 heteroatoms. The van der Waals surface area contributed by atoms with Gasteiger partial charge in [0.05, 0.1) is 6.67 Å². The number of carbonyl (C=O) groups is 1. The number of aldehydes is 1. The van der Waals surface area contributed by atoms with E-state index in [-0.39, 0.29) is 12.1 Å². The lowest BCUT2D eigenvalue weighted by Gasteiger charge is -2.10. The summed E-state index contributed by atoms with van der Waals surface area (Å²) in [7, 11) is 0. The van der Waals surface area contributed by atoms with Crippen LogP contribution in [0.1, 0.15) is 28.8 Å². The van der Waals surface area contributed by atoms with E-state index in [0.29, 0.717) is 5.56 Å². The number of hydrogen-bond donors (Lipinski definition) is 0. The minimum atomic E-state index is -0.310. The Hall–Kier alpha value is -1.18. The Labute approximate surface area is 76.6 Å². The predicted molar refractivity (Wildman–Crippen MR) is 48.7 cm³/mol. The summed E-state index contributed by atoms with van der Waals surface area (Å²) < 4.78 is 12.7. The molecular weight excluding hydrogens is 167 g/mol. The molecule has 0 radical (unpaired) electrons. The zero-order valence-corrected chi connectivity index (χ0v) is 7.29. The zero-order chi connectivity index (χ0) is 9.31. The molecule has 0 spiro atoms. The number of halogens is 1. The van der Waals surface area contributed by atoms with Crippen LogP contribution >= 0.6 is 0 Å². The largest absolute Gasteiger partial charge is 0.298 e. The minimum Gasteiger partial charge on any atom is -0.298 e. The fraction of sp³-hybridized carbons (Fsp3) is 0.364. The van der Waals surface area contributed by atoms with Crippen molar-refractivity contribution >= 4 is 6.29 Å². The van der Waals surface area contributed by atoms with Crippen molar-refractivity contribution in [3.63, 3.8) is 0 Å². The van der Waals surface area contributed by atoms with Gasteiger partial charge in [0, 0.05) is 11.0 Å². The normalized spacial score (nSPS) is 18.2. The van der Waals surface area contributed by atoms with Crippen molar-refractivity contribution < 1.29 is 9.18 Å². The van der Waals surface area contributed by atoms with Crippen LogP contribution in [0, 0.1) is 0 Å². The fourth-order valence-electron chi connectivity index (χ4n) is 1.59. The highest BCUT2D eigenvalue weighted by Gasteiger charge is 2.44. The quantitative estimate of drug-likeness (QED) is 0.650. The standard InChI is InChI=1S/C11H11FO/c12-8-11(4-5-11)10-3-1-2-9(6-10)7-13/h1-3,6-7H,4-5,8H2. The second-order valence-corrected chi connectivity index (χ2v) is 3.66.